The number of carboxylic acid groups (broad SMARTS) is 2. The van der Waals surface area contributed by atoms with Crippen molar-refractivity contribution >= 4 is 29.7 Å². The van der Waals surface area contributed by atoms with Crippen molar-refractivity contribution in [2.24, 2.45) is 0 Å². The predicted octanol–water partition coefficient (Wildman–Crippen LogP) is -7.21. The van der Waals surface area contributed by atoms with Crippen molar-refractivity contribution in [1.29, 1.82) is 0 Å². The summed E-state index contributed by atoms with van der Waals surface area (Å²) < 4.78 is 1.04. The van der Waals surface area contributed by atoms with Crippen molar-refractivity contribution in [2.75, 3.05) is 0 Å². The van der Waals surface area contributed by atoms with Crippen LogP contribution in [0.15, 0.2) is 0 Å². The Labute approximate surface area is 150 Å². The van der Waals surface area contributed by atoms with Crippen LogP contribution >= 0.6 is 0 Å². The average Bonchev–Trinajstić information content (AvgIpc) is 2.03. The zero-order valence-corrected chi connectivity index (χ0v) is 14.5. The Bertz CT molecular complexity index is 184. The van der Waals surface area contributed by atoms with Gasteiger partial charge in [0.2, 0.25) is 0 Å². The molecular weight excluding hydrogens is 225 g/mol. The van der Waals surface area contributed by atoms with Gasteiger partial charge < -0.3 is 19.8 Å². The van der Waals surface area contributed by atoms with E-state index in [0.29, 0.717) is 0 Å². The van der Waals surface area contributed by atoms with Gasteiger partial charge in [-0.15, -0.1) is 0 Å². The second kappa shape index (κ2) is 14.6. The third kappa shape index (κ3) is 17.9. The third-order valence-electron chi connectivity index (χ3n) is 2.18. The molecule has 0 aromatic heterocycles. The molecule has 1 aliphatic carbocycles. The Kier molecular flexibility index (Phi) is 20.7. The molecule has 1 fully saturated rings. The number of hydrogen-bond acceptors (Lipinski definition) is 4. The average molecular weight is 238 g/mol. The van der Waals surface area contributed by atoms with Crippen molar-refractivity contribution in [3.63, 3.8) is 0 Å². The Balaban J connectivity index is -0.000000188. The maximum Gasteiger partial charge on any atom is 1.00 e. The molecule has 0 heterocycles. The van der Waals surface area contributed by atoms with E-state index in [1.165, 1.54) is 32.1 Å². The van der Waals surface area contributed by atoms with Crippen LogP contribution in [0.3, 0.4) is 0 Å². The van der Waals surface area contributed by atoms with Crippen LogP contribution in [0.5, 0.6) is 0 Å². The summed E-state index contributed by atoms with van der Waals surface area (Å²) in [5, 5.41) is 18.6. The number of carbonyl (C=O) groups excluding carboxylic acids is 2. The number of hydrogen-bond donors (Lipinski definition) is 0. The summed E-state index contributed by atoms with van der Waals surface area (Å²) in [6, 6.07) is 0. The molecule has 0 aromatic carbocycles. The molecule has 0 unspecified atom stereocenters. The molecule has 16 heavy (non-hydrogen) atoms. The maximum atomic E-state index is 9.28. The molecule has 0 bridgehead atoms. The van der Waals surface area contributed by atoms with Gasteiger partial charge in [0.05, 0.1) is 0 Å². The largest absolute Gasteiger partial charge is 1.00 e. The Morgan fingerprint density at radius 3 is 1.50 bits per heavy atom. The minimum absolute atomic E-state index is 0. The Morgan fingerprint density at radius 1 is 1.00 bits per heavy atom. The molecule has 76 valence electrons. The van der Waals surface area contributed by atoms with Crippen LogP contribution in [0.2, 0.25) is 4.59 Å². The zero-order valence-electron chi connectivity index (χ0n) is 10.5. The molecule has 0 aliphatic heterocycles. The van der Waals surface area contributed by atoms with Gasteiger partial charge in [-0.1, -0.05) is 0 Å². The third-order valence-corrected chi connectivity index (χ3v) is 2.18. The number of aliphatic carboxylic acids is 2. The van der Waals surface area contributed by atoms with Gasteiger partial charge in [-0.05, 0) is 0 Å². The van der Waals surface area contributed by atoms with Crippen molar-refractivity contribution < 1.29 is 78.9 Å². The van der Waals surface area contributed by atoms with E-state index in [9.17, 15) is 19.8 Å². The number of carbonyl (C=O) groups is 2. The standard InChI is InChI=1S/C6H11.C3H4O4.Li.2Na/c1-2-4-6-5-3-1;4-2(5)1-3(6)7;;;/h1H,2-6H2;1H2,(H,4,5)(H,6,7);;;/q;;;2*+1/p-2. The monoisotopic (exact) mass is 238 g/mol. The normalized spacial score (nSPS) is 14.6. The van der Waals surface area contributed by atoms with E-state index >= 15 is 0 Å². The van der Waals surface area contributed by atoms with Crippen molar-refractivity contribution in [1.82, 2.24) is 0 Å². The molecule has 0 amide bonds. The molecule has 0 aromatic rings. The van der Waals surface area contributed by atoms with Crippen LogP contribution in [0.25, 0.3) is 0 Å². The number of carboxylic acids is 2. The zero-order chi connectivity index (χ0) is 11.0. The second-order valence-electron chi connectivity index (χ2n) is 3.66. The van der Waals surface area contributed by atoms with E-state index in [4.69, 9.17) is 0 Å². The van der Waals surface area contributed by atoms with Crippen molar-refractivity contribution in [3.8, 4) is 0 Å². The molecular formula is C9H13LiNa2O4. The first-order valence-corrected chi connectivity index (χ1v) is 4.92. The van der Waals surface area contributed by atoms with Crippen LogP contribution in [0, 0.1) is 0 Å². The first-order chi connectivity index (χ1) is 6.52. The fraction of sp³-hybridized carbons (Fsp3) is 0.778. The van der Waals surface area contributed by atoms with Crippen LogP contribution < -0.4 is 69.3 Å². The van der Waals surface area contributed by atoms with Crippen LogP contribution in [0.1, 0.15) is 38.5 Å². The van der Waals surface area contributed by atoms with E-state index in [1.807, 2.05) is 0 Å². The van der Waals surface area contributed by atoms with Gasteiger partial charge in [0.1, 0.15) is 0 Å². The van der Waals surface area contributed by atoms with Crippen LogP contribution in [-0.4, -0.2) is 29.7 Å². The quantitative estimate of drug-likeness (QED) is 0.353. The molecule has 4 nitrogen and oxygen atoms in total. The molecule has 0 saturated heterocycles. The van der Waals surface area contributed by atoms with E-state index in [1.54, 1.807) is 0 Å². The van der Waals surface area contributed by atoms with Crippen molar-refractivity contribution in [2.45, 2.75) is 43.1 Å². The smallest absolute Gasteiger partial charge is 1.00 e. The summed E-state index contributed by atoms with van der Waals surface area (Å²) in [6.07, 6.45) is 6.41. The molecule has 1 rings (SSSR count). The van der Waals surface area contributed by atoms with Crippen LogP contribution in [0.4, 0.5) is 0 Å². The van der Waals surface area contributed by atoms with Gasteiger partial charge in [-0.2, -0.15) is 0 Å². The van der Waals surface area contributed by atoms with Crippen molar-refractivity contribution in [3.05, 3.63) is 0 Å². The SMILES string of the molecule is O=C([O-])CC(=O)[O-].[Li][CH]1CCCCC1.[Na+].[Na+]. The summed E-state index contributed by atoms with van der Waals surface area (Å²) >= 11 is 2.36. The minimum Gasteiger partial charge on any atom is 1.00 e. The van der Waals surface area contributed by atoms with E-state index in [2.05, 4.69) is 17.7 Å². The molecule has 0 N–H and O–H groups in total. The first-order valence-electron chi connectivity index (χ1n) is 4.92. The summed E-state index contributed by atoms with van der Waals surface area (Å²) in [4.78, 5) is 18.6. The molecule has 1 saturated carbocycles. The van der Waals surface area contributed by atoms with Gasteiger partial charge in [0, 0.05) is 18.4 Å². The summed E-state index contributed by atoms with van der Waals surface area (Å²) in [7, 11) is 0. The molecule has 0 spiro atoms. The van der Waals surface area contributed by atoms with Gasteiger partial charge in [-0.3, -0.25) is 0 Å². The van der Waals surface area contributed by atoms with Gasteiger partial charge in [0.25, 0.3) is 0 Å². The second-order valence-corrected chi connectivity index (χ2v) is 3.66. The maximum absolute atomic E-state index is 9.28. The fourth-order valence-electron chi connectivity index (χ4n) is 1.42. The topological polar surface area (TPSA) is 80.3 Å². The van der Waals surface area contributed by atoms with Crippen LogP contribution in [-0.2, 0) is 9.59 Å². The molecule has 7 heteroatoms. The Morgan fingerprint density at radius 2 is 1.38 bits per heavy atom. The van der Waals surface area contributed by atoms with E-state index in [0.717, 1.165) is 4.59 Å². The molecule has 1 aliphatic rings. The fourth-order valence-corrected chi connectivity index (χ4v) is 1.42. The summed E-state index contributed by atoms with van der Waals surface area (Å²) in [6.45, 7) is 0. The minimum atomic E-state index is -1.63. The first kappa shape index (κ1) is 22.7. The number of rotatable bonds is 2. The summed E-state index contributed by atoms with van der Waals surface area (Å²) in [5.74, 6) is -3.25. The summed E-state index contributed by atoms with van der Waals surface area (Å²) in [5.41, 5.74) is 0. The van der Waals surface area contributed by atoms with Gasteiger partial charge in [-0.25, -0.2) is 0 Å². The van der Waals surface area contributed by atoms with Gasteiger partial charge >= 0.3 is 114 Å². The molecule has 0 atom stereocenters. The molecule has 0 radical (unpaired) electrons. The van der Waals surface area contributed by atoms with Gasteiger partial charge in [0.15, 0.2) is 0 Å². The Hall–Kier alpha value is 1.54. The predicted molar refractivity (Wildman–Crippen MR) is 47.2 cm³/mol. The van der Waals surface area contributed by atoms with E-state index in [-0.39, 0.29) is 59.1 Å². The van der Waals surface area contributed by atoms with E-state index < -0.39 is 18.4 Å².